The average Bonchev–Trinajstić information content (AvgIpc) is 3.00. The summed E-state index contributed by atoms with van der Waals surface area (Å²) in [5, 5.41) is 10.1. The summed E-state index contributed by atoms with van der Waals surface area (Å²) in [6.45, 7) is 9.07. The molecule has 32 heavy (non-hydrogen) atoms. The number of para-hydroxylation sites is 2. The van der Waals surface area contributed by atoms with Crippen molar-refractivity contribution in [2.45, 2.75) is 38.9 Å². The number of benzene rings is 1. The van der Waals surface area contributed by atoms with Crippen LogP contribution in [0.1, 0.15) is 26.7 Å². The van der Waals surface area contributed by atoms with Gasteiger partial charge in [-0.2, -0.15) is 0 Å². The van der Waals surface area contributed by atoms with Crippen LogP contribution in [0.5, 0.6) is 5.75 Å². The highest BCUT2D eigenvalue weighted by atomic mass is 35.5. The number of ether oxygens (including phenoxy) is 1. The summed E-state index contributed by atoms with van der Waals surface area (Å²) in [6.07, 6.45) is 4.06. The number of aliphatic hydroxyl groups excluding tert-OH is 1. The van der Waals surface area contributed by atoms with Crippen molar-refractivity contribution in [1.29, 1.82) is 0 Å². The van der Waals surface area contributed by atoms with Crippen LogP contribution < -0.4 is 9.64 Å². The highest BCUT2D eigenvalue weighted by Crippen LogP contribution is 2.35. The van der Waals surface area contributed by atoms with Crippen molar-refractivity contribution in [2.75, 3.05) is 44.2 Å². The smallest absolute Gasteiger partial charge is 0.236 e. The number of anilines is 1. The third-order valence-corrected chi connectivity index (χ3v) is 6.46. The molecule has 3 atom stereocenters. The maximum Gasteiger partial charge on any atom is 0.236 e. The van der Waals surface area contributed by atoms with E-state index in [4.69, 9.17) is 4.74 Å². The molecule has 0 aromatic heterocycles. The van der Waals surface area contributed by atoms with Gasteiger partial charge in [0.05, 0.1) is 29.7 Å². The molecule has 1 aliphatic carbocycles. The Hall–Kier alpha value is -2.09. The number of fused-ring (bicyclic) bond motifs is 1. The Morgan fingerprint density at radius 1 is 1.06 bits per heavy atom. The normalized spacial score (nSPS) is 25.8. The summed E-state index contributed by atoms with van der Waals surface area (Å²) < 4.78 is 5.97. The minimum absolute atomic E-state index is 0. The van der Waals surface area contributed by atoms with E-state index in [0.29, 0.717) is 13.0 Å². The second kappa shape index (κ2) is 10.7. The Kier molecular flexibility index (Phi) is 8.20. The monoisotopic (exact) mass is 463 g/mol. The fourth-order valence-corrected chi connectivity index (χ4v) is 4.89. The van der Waals surface area contributed by atoms with Gasteiger partial charge in [-0.15, -0.1) is 12.4 Å². The van der Waals surface area contributed by atoms with E-state index >= 15 is 0 Å². The SMILES string of the molecule is CC(C)Oc1ccccc1N1CCN(CCCN2C(=O)C3CC=CC(O)C3C2=O)CC1.Cl. The number of carbonyl (C=O) groups is 2. The molecule has 2 amide bonds. The van der Waals surface area contributed by atoms with Crippen LogP contribution >= 0.6 is 12.4 Å². The Bertz CT molecular complexity index is 838. The number of piperazine rings is 1. The first kappa shape index (κ1) is 24.6. The first-order valence-corrected chi connectivity index (χ1v) is 11.4. The van der Waals surface area contributed by atoms with Crippen LogP contribution in [0.3, 0.4) is 0 Å². The van der Waals surface area contributed by atoms with Gasteiger partial charge in [-0.05, 0) is 45.4 Å². The molecule has 2 aliphatic heterocycles. The molecule has 7 nitrogen and oxygen atoms in total. The molecule has 2 heterocycles. The minimum Gasteiger partial charge on any atom is -0.489 e. The zero-order valence-electron chi connectivity index (χ0n) is 18.9. The third kappa shape index (κ3) is 5.11. The van der Waals surface area contributed by atoms with Crippen molar-refractivity contribution in [2.24, 2.45) is 11.8 Å². The molecule has 4 rings (SSSR count). The molecule has 2 saturated heterocycles. The van der Waals surface area contributed by atoms with E-state index in [1.807, 2.05) is 38.1 Å². The van der Waals surface area contributed by atoms with Gasteiger partial charge >= 0.3 is 0 Å². The van der Waals surface area contributed by atoms with E-state index in [2.05, 4.69) is 15.9 Å². The summed E-state index contributed by atoms with van der Waals surface area (Å²) in [5.74, 6) is -0.378. The molecule has 3 unspecified atom stereocenters. The average molecular weight is 464 g/mol. The first-order chi connectivity index (χ1) is 15.0. The predicted octanol–water partition coefficient (Wildman–Crippen LogP) is 2.33. The lowest BCUT2D eigenvalue weighted by Crippen LogP contribution is -2.47. The molecule has 0 spiro atoms. The van der Waals surface area contributed by atoms with Gasteiger partial charge in [-0.3, -0.25) is 19.4 Å². The molecule has 3 aliphatic rings. The lowest BCUT2D eigenvalue weighted by Gasteiger charge is -2.37. The van der Waals surface area contributed by atoms with Crippen molar-refractivity contribution < 1.29 is 19.4 Å². The molecular formula is C24H34ClN3O4. The van der Waals surface area contributed by atoms with Gasteiger partial charge in [0.15, 0.2) is 0 Å². The standard InChI is InChI=1S/C24H33N3O4.ClH/c1-17(2)31-21-10-4-3-8-19(21)26-15-13-25(14-16-26)11-6-12-27-23(29)18-7-5-9-20(28)22(18)24(27)30;/h3-5,8-10,17-18,20,22,28H,6-7,11-16H2,1-2H3;1H. The number of amides is 2. The maximum atomic E-state index is 12.6. The van der Waals surface area contributed by atoms with Crippen molar-refractivity contribution >= 4 is 29.9 Å². The van der Waals surface area contributed by atoms with Crippen LogP contribution in [0.2, 0.25) is 0 Å². The number of rotatable bonds is 7. The van der Waals surface area contributed by atoms with Crippen LogP contribution in [-0.4, -0.2) is 78.2 Å². The van der Waals surface area contributed by atoms with Crippen LogP contribution in [-0.2, 0) is 9.59 Å². The van der Waals surface area contributed by atoms with Crippen molar-refractivity contribution in [3.05, 3.63) is 36.4 Å². The highest BCUT2D eigenvalue weighted by Gasteiger charge is 2.50. The molecule has 0 saturated carbocycles. The van der Waals surface area contributed by atoms with E-state index in [1.54, 1.807) is 6.08 Å². The fourth-order valence-electron chi connectivity index (χ4n) is 4.89. The highest BCUT2D eigenvalue weighted by molar-refractivity contribution is 6.05. The molecule has 1 aromatic rings. The number of imide groups is 1. The molecule has 1 aromatic carbocycles. The Labute approximate surface area is 196 Å². The van der Waals surface area contributed by atoms with Crippen LogP contribution in [0.15, 0.2) is 36.4 Å². The third-order valence-electron chi connectivity index (χ3n) is 6.46. The fraction of sp³-hybridized carbons (Fsp3) is 0.583. The minimum atomic E-state index is -0.837. The molecular weight excluding hydrogens is 430 g/mol. The van der Waals surface area contributed by atoms with Gasteiger partial charge in [-0.1, -0.05) is 24.3 Å². The number of nitrogens with zero attached hydrogens (tertiary/aromatic N) is 3. The zero-order chi connectivity index (χ0) is 22.0. The van der Waals surface area contributed by atoms with Crippen molar-refractivity contribution in [3.63, 3.8) is 0 Å². The second-order valence-electron chi connectivity index (χ2n) is 8.93. The van der Waals surface area contributed by atoms with Gasteiger partial charge < -0.3 is 14.7 Å². The van der Waals surface area contributed by atoms with Gasteiger partial charge in [-0.25, -0.2) is 0 Å². The van der Waals surface area contributed by atoms with E-state index in [1.165, 1.54) is 4.90 Å². The lowest BCUT2D eigenvalue weighted by atomic mass is 9.83. The largest absolute Gasteiger partial charge is 0.489 e. The Balaban J connectivity index is 0.00000289. The van der Waals surface area contributed by atoms with Gasteiger partial charge in [0.25, 0.3) is 0 Å². The number of hydrogen-bond acceptors (Lipinski definition) is 6. The summed E-state index contributed by atoms with van der Waals surface area (Å²) >= 11 is 0. The molecule has 1 N–H and O–H groups in total. The quantitative estimate of drug-likeness (QED) is 0.494. The number of hydrogen-bond donors (Lipinski definition) is 1. The zero-order valence-corrected chi connectivity index (χ0v) is 19.7. The van der Waals surface area contributed by atoms with Gasteiger partial charge in [0.1, 0.15) is 5.75 Å². The molecule has 8 heteroatoms. The van der Waals surface area contributed by atoms with E-state index in [-0.39, 0.29) is 36.2 Å². The van der Waals surface area contributed by atoms with E-state index in [0.717, 1.165) is 50.6 Å². The number of allylic oxidation sites excluding steroid dienone is 1. The van der Waals surface area contributed by atoms with Crippen LogP contribution in [0, 0.1) is 11.8 Å². The maximum absolute atomic E-state index is 12.6. The number of halogens is 1. The summed E-state index contributed by atoms with van der Waals surface area (Å²) in [5.41, 5.74) is 1.14. The summed E-state index contributed by atoms with van der Waals surface area (Å²) in [4.78, 5) is 31.4. The molecule has 176 valence electrons. The van der Waals surface area contributed by atoms with Gasteiger partial charge in [0.2, 0.25) is 11.8 Å². The number of carbonyl (C=O) groups excluding carboxylic acids is 2. The topological polar surface area (TPSA) is 73.3 Å². The Morgan fingerprint density at radius 2 is 1.78 bits per heavy atom. The molecule has 0 radical (unpaired) electrons. The number of aliphatic hydroxyl groups is 1. The number of likely N-dealkylation sites (tertiary alicyclic amines) is 1. The van der Waals surface area contributed by atoms with Crippen molar-refractivity contribution in [3.8, 4) is 5.75 Å². The summed E-state index contributed by atoms with van der Waals surface area (Å²) in [6, 6.07) is 8.18. The Morgan fingerprint density at radius 3 is 2.47 bits per heavy atom. The van der Waals surface area contributed by atoms with Crippen LogP contribution in [0.25, 0.3) is 0 Å². The van der Waals surface area contributed by atoms with E-state index in [9.17, 15) is 14.7 Å². The van der Waals surface area contributed by atoms with E-state index < -0.39 is 12.0 Å². The molecule has 0 bridgehead atoms. The second-order valence-corrected chi connectivity index (χ2v) is 8.93. The summed E-state index contributed by atoms with van der Waals surface area (Å²) in [7, 11) is 0. The molecule has 2 fully saturated rings. The van der Waals surface area contributed by atoms with Crippen LogP contribution in [0.4, 0.5) is 5.69 Å². The lowest BCUT2D eigenvalue weighted by molar-refractivity contribution is -0.140. The predicted molar refractivity (Wildman–Crippen MR) is 126 cm³/mol. The van der Waals surface area contributed by atoms with Gasteiger partial charge in [0, 0.05) is 32.7 Å². The first-order valence-electron chi connectivity index (χ1n) is 11.4. The van der Waals surface area contributed by atoms with Crippen molar-refractivity contribution in [1.82, 2.24) is 9.80 Å².